The molecule has 0 saturated carbocycles. The Balaban J connectivity index is 1.68. The van der Waals surface area contributed by atoms with Crippen LogP contribution in [0.15, 0.2) is 66.7 Å². The largest absolute Gasteiger partial charge is 0.493 e. The Morgan fingerprint density at radius 2 is 1.41 bits per heavy atom. The van der Waals surface area contributed by atoms with Crippen molar-refractivity contribution in [3.8, 4) is 11.5 Å². The zero-order chi connectivity index (χ0) is 24.5. The minimum absolute atomic E-state index is 0.244. The van der Waals surface area contributed by atoms with Gasteiger partial charge < -0.3 is 25.4 Å². The van der Waals surface area contributed by atoms with Crippen molar-refractivity contribution in [2.75, 3.05) is 17.7 Å². The number of benzene rings is 3. The highest BCUT2D eigenvalue weighted by molar-refractivity contribution is 5.99. The lowest BCUT2D eigenvalue weighted by Crippen LogP contribution is -2.23. The van der Waals surface area contributed by atoms with Crippen LogP contribution in [0.2, 0.25) is 0 Å². The van der Waals surface area contributed by atoms with Crippen LogP contribution in [-0.4, -0.2) is 24.8 Å². The van der Waals surface area contributed by atoms with Gasteiger partial charge in [-0.1, -0.05) is 36.4 Å². The summed E-state index contributed by atoms with van der Waals surface area (Å²) in [6, 6.07) is 19.9. The standard InChI is InChI=1S/C26H27N3O5/c1-17(30)28-22-12-21(13-23(14-22)29-18(2)31)26(32)27-15-20-9-10-24(25(11-20)33-3)34-16-19-7-5-4-6-8-19/h4-14H,15-16H2,1-3H3,(H,27,32)(H,28,30)(H,29,31). The van der Waals surface area contributed by atoms with E-state index in [-0.39, 0.29) is 24.3 Å². The Kier molecular flexibility index (Phi) is 8.23. The molecule has 0 aromatic heterocycles. The number of nitrogens with one attached hydrogen (secondary N) is 3. The van der Waals surface area contributed by atoms with Crippen molar-refractivity contribution in [2.24, 2.45) is 0 Å². The third-order valence-electron chi connectivity index (χ3n) is 4.75. The quantitative estimate of drug-likeness (QED) is 0.445. The van der Waals surface area contributed by atoms with E-state index < -0.39 is 0 Å². The van der Waals surface area contributed by atoms with E-state index in [0.29, 0.717) is 35.0 Å². The van der Waals surface area contributed by atoms with Gasteiger partial charge in [-0.25, -0.2) is 0 Å². The van der Waals surface area contributed by atoms with Crippen LogP contribution in [0.4, 0.5) is 11.4 Å². The lowest BCUT2D eigenvalue weighted by molar-refractivity contribution is -0.115. The summed E-state index contributed by atoms with van der Waals surface area (Å²) in [7, 11) is 1.56. The Morgan fingerprint density at radius 3 is 2.00 bits per heavy atom. The molecule has 0 aliphatic heterocycles. The van der Waals surface area contributed by atoms with E-state index >= 15 is 0 Å². The maximum absolute atomic E-state index is 12.8. The predicted molar refractivity (Wildman–Crippen MR) is 130 cm³/mol. The number of carbonyl (C=O) groups excluding carboxylic acids is 3. The van der Waals surface area contributed by atoms with Gasteiger partial charge in [0, 0.05) is 37.3 Å². The number of hydrogen-bond acceptors (Lipinski definition) is 5. The summed E-state index contributed by atoms with van der Waals surface area (Å²) in [6.07, 6.45) is 0. The van der Waals surface area contributed by atoms with Crippen molar-refractivity contribution in [1.29, 1.82) is 0 Å². The summed E-state index contributed by atoms with van der Waals surface area (Å²) < 4.78 is 11.3. The topological polar surface area (TPSA) is 106 Å². The van der Waals surface area contributed by atoms with E-state index in [9.17, 15) is 14.4 Å². The fourth-order valence-electron chi connectivity index (χ4n) is 3.27. The third kappa shape index (κ3) is 7.09. The molecule has 3 N–H and O–H groups in total. The van der Waals surface area contributed by atoms with Gasteiger partial charge in [0.05, 0.1) is 7.11 Å². The molecule has 3 amide bonds. The van der Waals surface area contributed by atoms with Crippen LogP contribution in [0.1, 0.15) is 35.3 Å². The highest BCUT2D eigenvalue weighted by Gasteiger charge is 2.12. The van der Waals surface area contributed by atoms with Crippen LogP contribution >= 0.6 is 0 Å². The summed E-state index contributed by atoms with van der Waals surface area (Å²) in [5.41, 5.74) is 2.97. The maximum Gasteiger partial charge on any atom is 0.251 e. The third-order valence-corrected chi connectivity index (χ3v) is 4.75. The minimum Gasteiger partial charge on any atom is -0.493 e. The van der Waals surface area contributed by atoms with Gasteiger partial charge in [-0.15, -0.1) is 0 Å². The van der Waals surface area contributed by atoms with E-state index in [1.807, 2.05) is 36.4 Å². The molecular weight excluding hydrogens is 434 g/mol. The van der Waals surface area contributed by atoms with Crippen LogP contribution in [-0.2, 0) is 22.7 Å². The van der Waals surface area contributed by atoms with Gasteiger partial charge in [-0.3, -0.25) is 14.4 Å². The molecule has 3 rings (SSSR count). The molecule has 176 valence electrons. The second-order valence-electron chi connectivity index (χ2n) is 7.60. The van der Waals surface area contributed by atoms with Crippen molar-refractivity contribution in [3.63, 3.8) is 0 Å². The van der Waals surface area contributed by atoms with Gasteiger partial charge in [0.15, 0.2) is 11.5 Å². The highest BCUT2D eigenvalue weighted by Crippen LogP contribution is 2.29. The molecule has 0 unspecified atom stereocenters. The van der Waals surface area contributed by atoms with E-state index in [1.165, 1.54) is 13.8 Å². The number of ether oxygens (including phenoxy) is 2. The molecule has 0 spiro atoms. The van der Waals surface area contributed by atoms with Gasteiger partial charge in [0.2, 0.25) is 11.8 Å². The molecule has 8 heteroatoms. The van der Waals surface area contributed by atoms with Crippen LogP contribution in [0.3, 0.4) is 0 Å². The van der Waals surface area contributed by atoms with Crippen molar-refractivity contribution < 1.29 is 23.9 Å². The number of anilines is 2. The smallest absolute Gasteiger partial charge is 0.251 e. The van der Waals surface area contributed by atoms with Crippen molar-refractivity contribution >= 4 is 29.1 Å². The fraction of sp³-hybridized carbons (Fsp3) is 0.192. The normalized spacial score (nSPS) is 10.2. The molecule has 0 bridgehead atoms. The number of rotatable bonds is 9. The van der Waals surface area contributed by atoms with Crippen molar-refractivity contribution in [1.82, 2.24) is 5.32 Å². The first-order valence-corrected chi connectivity index (χ1v) is 10.7. The van der Waals surface area contributed by atoms with Crippen molar-refractivity contribution in [3.05, 3.63) is 83.4 Å². The highest BCUT2D eigenvalue weighted by atomic mass is 16.5. The zero-order valence-electron chi connectivity index (χ0n) is 19.3. The Labute approximate surface area is 198 Å². The van der Waals surface area contributed by atoms with Crippen LogP contribution < -0.4 is 25.4 Å². The second kappa shape index (κ2) is 11.5. The first-order valence-electron chi connectivity index (χ1n) is 10.7. The minimum atomic E-state index is -0.359. The van der Waals surface area contributed by atoms with Gasteiger partial charge in [0.1, 0.15) is 6.61 Å². The summed E-state index contributed by atoms with van der Waals surface area (Å²) in [5, 5.41) is 8.11. The Bertz CT molecular complexity index is 1140. The van der Waals surface area contributed by atoms with Crippen LogP contribution in [0.25, 0.3) is 0 Å². The fourth-order valence-corrected chi connectivity index (χ4v) is 3.27. The van der Waals surface area contributed by atoms with E-state index in [4.69, 9.17) is 9.47 Å². The molecular formula is C26H27N3O5. The van der Waals surface area contributed by atoms with Gasteiger partial charge in [-0.2, -0.15) is 0 Å². The van der Waals surface area contributed by atoms with E-state index in [0.717, 1.165) is 11.1 Å². The number of hydrogen-bond donors (Lipinski definition) is 3. The monoisotopic (exact) mass is 461 g/mol. The predicted octanol–water partition coefficient (Wildman–Crippen LogP) is 4.12. The molecule has 8 nitrogen and oxygen atoms in total. The lowest BCUT2D eigenvalue weighted by atomic mass is 10.1. The van der Waals surface area contributed by atoms with Gasteiger partial charge in [-0.05, 0) is 41.5 Å². The molecule has 0 aliphatic carbocycles. The summed E-state index contributed by atoms with van der Waals surface area (Å²) in [6.45, 7) is 3.39. The maximum atomic E-state index is 12.8. The Hall–Kier alpha value is -4.33. The molecule has 0 radical (unpaired) electrons. The molecule has 0 atom stereocenters. The van der Waals surface area contributed by atoms with Crippen LogP contribution in [0.5, 0.6) is 11.5 Å². The molecule has 3 aromatic rings. The van der Waals surface area contributed by atoms with Crippen molar-refractivity contribution in [2.45, 2.75) is 27.0 Å². The van der Waals surface area contributed by atoms with E-state index in [2.05, 4.69) is 16.0 Å². The SMILES string of the molecule is COc1cc(CNC(=O)c2cc(NC(C)=O)cc(NC(C)=O)c2)ccc1OCc1ccccc1. The van der Waals surface area contributed by atoms with Gasteiger partial charge in [0.25, 0.3) is 5.91 Å². The molecule has 0 saturated heterocycles. The van der Waals surface area contributed by atoms with Gasteiger partial charge >= 0.3 is 0 Å². The number of methoxy groups -OCH3 is 1. The molecule has 34 heavy (non-hydrogen) atoms. The summed E-state index contributed by atoms with van der Waals surface area (Å²) in [5.74, 6) is 0.232. The summed E-state index contributed by atoms with van der Waals surface area (Å²) >= 11 is 0. The molecule has 0 fully saturated rings. The first kappa shape index (κ1) is 24.3. The number of carbonyl (C=O) groups is 3. The average molecular weight is 462 g/mol. The Morgan fingerprint density at radius 1 is 0.765 bits per heavy atom. The number of amides is 3. The zero-order valence-corrected chi connectivity index (χ0v) is 19.3. The molecule has 3 aromatic carbocycles. The summed E-state index contributed by atoms with van der Waals surface area (Å²) in [4.78, 5) is 35.6. The molecule has 0 aliphatic rings. The average Bonchev–Trinajstić information content (AvgIpc) is 2.81. The molecule has 0 heterocycles. The van der Waals surface area contributed by atoms with Crippen LogP contribution in [0, 0.1) is 0 Å². The second-order valence-corrected chi connectivity index (χ2v) is 7.60. The first-order chi connectivity index (χ1) is 16.3. The van der Waals surface area contributed by atoms with E-state index in [1.54, 1.807) is 37.4 Å². The lowest BCUT2D eigenvalue weighted by Gasteiger charge is -2.13.